The van der Waals surface area contributed by atoms with E-state index in [0.717, 1.165) is 12.3 Å². The highest BCUT2D eigenvalue weighted by Crippen LogP contribution is 2.48. The Morgan fingerprint density at radius 2 is 2.00 bits per heavy atom. The number of halogens is 2. The van der Waals surface area contributed by atoms with Crippen LogP contribution in [0.4, 0.5) is 19.3 Å². The summed E-state index contributed by atoms with van der Waals surface area (Å²) in [5.74, 6) is -1.29. The van der Waals surface area contributed by atoms with Gasteiger partial charge in [0.25, 0.3) is 5.91 Å². The number of aliphatic imine (C=N–C) groups is 1. The van der Waals surface area contributed by atoms with E-state index in [1.807, 2.05) is 0 Å². The van der Waals surface area contributed by atoms with Gasteiger partial charge in [-0.2, -0.15) is 0 Å². The smallest absolute Gasteiger partial charge is 0.413 e. The molecule has 2 atom stereocenters. The van der Waals surface area contributed by atoms with Crippen LogP contribution >= 0.6 is 11.8 Å². The predicted molar refractivity (Wildman–Crippen MR) is 124 cm³/mol. The molecule has 34 heavy (non-hydrogen) atoms. The highest BCUT2D eigenvalue weighted by Gasteiger charge is 2.50. The van der Waals surface area contributed by atoms with Gasteiger partial charge in [0.15, 0.2) is 10.9 Å². The van der Waals surface area contributed by atoms with Gasteiger partial charge in [-0.05, 0) is 57.5 Å². The van der Waals surface area contributed by atoms with Crippen LogP contribution in [-0.4, -0.2) is 40.1 Å². The number of hydrogen-bond acceptors (Lipinski definition) is 7. The molecule has 2 aliphatic heterocycles. The zero-order chi connectivity index (χ0) is 24.5. The minimum atomic E-state index is -1.35. The number of nitrogens with one attached hydrogen (secondary N) is 2. The van der Waals surface area contributed by atoms with Gasteiger partial charge in [0.05, 0.1) is 12.8 Å². The third-order valence-corrected chi connectivity index (χ3v) is 6.24. The lowest BCUT2D eigenvalue weighted by molar-refractivity contribution is -0.0173. The molecule has 2 amide bonds. The fraction of sp³-hybridized carbons (Fsp3) is 0.391. The molecule has 0 bridgehead atoms. The number of fused-ring (bicyclic) bond motifs is 1. The Morgan fingerprint density at radius 1 is 1.21 bits per heavy atom. The van der Waals surface area contributed by atoms with E-state index in [4.69, 9.17) is 9.47 Å². The lowest BCUT2D eigenvalue weighted by Gasteiger charge is -2.35. The highest BCUT2D eigenvalue weighted by atomic mass is 32.2. The number of thioether (sulfide) groups is 1. The summed E-state index contributed by atoms with van der Waals surface area (Å²) in [5.41, 5.74) is -1.59. The lowest BCUT2D eigenvalue weighted by atomic mass is 9.89. The number of pyridine rings is 1. The van der Waals surface area contributed by atoms with Crippen molar-refractivity contribution in [3.8, 4) is 0 Å². The first kappa shape index (κ1) is 24.1. The van der Waals surface area contributed by atoms with E-state index in [1.165, 1.54) is 36.0 Å². The molecule has 0 unspecified atom stereocenters. The maximum atomic E-state index is 15.1. The number of ether oxygens (including phenoxy) is 2. The van der Waals surface area contributed by atoms with Gasteiger partial charge in [-0.15, -0.1) is 0 Å². The second kappa shape index (κ2) is 9.30. The molecule has 180 valence electrons. The summed E-state index contributed by atoms with van der Waals surface area (Å²) >= 11 is 1.33. The van der Waals surface area contributed by atoms with Crippen LogP contribution < -0.4 is 10.6 Å². The zero-order valence-electron chi connectivity index (χ0n) is 18.9. The number of alkyl carbamates (subject to hydrolysis) is 1. The molecule has 2 aliphatic rings. The predicted octanol–water partition coefficient (Wildman–Crippen LogP) is 4.43. The Morgan fingerprint density at radius 3 is 2.71 bits per heavy atom. The second-order valence-electron chi connectivity index (χ2n) is 8.90. The van der Waals surface area contributed by atoms with Gasteiger partial charge in [0.2, 0.25) is 0 Å². The topological polar surface area (TPSA) is 102 Å². The fourth-order valence-corrected chi connectivity index (χ4v) is 4.86. The normalized spacial score (nSPS) is 21.9. The molecule has 8 nitrogen and oxygen atoms in total. The Bertz CT molecular complexity index is 1140. The summed E-state index contributed by atoms with van der Waals surface area (Å²) in [6.45, 7) is 5.61. The van der Waals surface area contributed by atoms with Crippen molar-refractivity contribution in [1.82, 2.24) is 10.3 Å². The summed E-state index contributed by atoms with van der Waals surface area (Å²) in [7, 11) is 0. The lowest BCUT2D eigenvalue weighted by Crippen LogP contribution is -2.42. The monoisotopic (exact) mass is 490 g/mol. The van der Waals surface area contributed by atoms with E-state index >= 15 is 4.39 Å². The van der Waals surface area contributed by atoms with Crippen LogP contribution in [-0.2, 0) is 15.2 Å². The molecule has 11 heteroatoms. The number of hydrogen-bond donors (Lipinski definition) is 2. The molecule has 1 aromatic heterocycles. The van der Waals surface area contributed by atoms with Crippen LogP contribution in [0.15, 0.2) is 41.5 Å². The first-order valence-corrected chi connectivity index (χ1v) is 11.6. The van der Waals surface area contributed by atoms with Crippen molar-refractivity contribution in [2.45, 2.75) is 38.5 Å². The number of aromatic nitrogens is 1. The number of nitrogens with zero attached hydrogens (tertiary/aromatic N) is 2. The van der Waals surface area contributed by atoms with Gasteiger partial charge in [-0.25, -0.2) is 23.6 Å². The van der Waals surface area contributed by atoms with Crippen molar-refractivity contribution in [1.29, 1.82) is 0 Å². The quantitative estimate of drug-likeness (QED) is 0.660. The largest absolute Gasteiger partial charge is 0.444 e. The maximum absolute atomic E-state index is 15.1. The molecule has 0 saturated carbocycles. The van der Waals surface area contributed by atoms with E-state index < -0.39 is 35.0 Å². The average molecular weight is 491 g/mol. The van der Waals surface area contributed by atoms with Gasteiger partial charge >= 0.3 is 6.09 Å². The van der Waals surface area contributed by atoms with E-state index in [2.05, 4.69) is 20.6 Å². The first-order valence-electron chi connectivity index (χ1n) is 10.7. The van der Waals surface area contributed by atoms with E-state index in [-0.39, 0.29) is 22.3 Å². The van der Waals surface area contributed by atoms with Gasteiger partial charge in [-0.3, -0.25) is 10.1 Å². The Balaban J connectivity index is 1.62. The Labute approximate surface area is 199 Å². The number of anilines is 1. The van der Waals surface area contributed by atoms with Crippen LogP contribution in [0, 0.1) is 17.6 Å². The first-order chi connectivity index (χ1) is 16.1. The van der Waals surface area contributed by atoms with Crippen LogP contribution in [0.5, 0.6) is 0 Å². The van der Waals surface area contributed by atoms with E-state index in [1.54, 1.807) is 20.8 Å². The van der Waals surface area contributed by atoms with Crippen molar-refractivity contribution < 1.29 is 27.8 Å². The standard InChI is InChI=1S/C23H24F2N4O4S/c1-22(2,3)33-21(31)28-20-29-23(13(12-34-20)8-9-32-23)16-10-15(5-6-17(16)25)27-19(30)18-7-4-14(24)11-26-18/h4-7,10-11,13H,8-9,12H2,1-3H3,(H,27,30)(H,28,29,31)/t13-,23+/m0/s1. The fourth-order valence-electron chi connectivity index (χ4n) is 3.75. The summed E-state index contributed by atoms with van der Waals surface area (Å²) in [5, 5.41) is 5.52. The Hall–Kier alpha value is -3.05. The Kier molecular flexibility index (Phi) is 6.59. The van der Waals surface area contributed by atoms with E-state index in [0.29, 0.717) is 24.5 Å². The van der Waals surface area contributed by atoms with Gasteiger partial charge in [0.1, 0.15) is 22.9 Å². The molecule has 1 saturated heterocycles. The van der Waals surface area contributed by atoms with Crippen molar-refractivity contribution in [2.24, 2.45) is 10.9 Å². The molecular formula is C23H24F2N4O4S. The number of carbonyl (C=O) groups is 2. The van der Waals surface area contributed by atoms with E-state index in [9.17, 15) is 14.0 Å². The molecule has 3 heterocycles. The van der Waals surface area contributed by atoms with Gasteiger partial charge in [-0.1, -0.05) is 11.8 Å². The van der Waals surface area contributed by atoms with Crippen molar-refractivity contribution in [2.75, 3.05) is 17.7 Å². The second-order valence-corrected chi connectivity index (χ2v) is 9.90. The molecule has 4 rings (SSSR count). The number of carbonyl (C=O) groups excluding carboxylic acids is 2. The van der Waals surface area contributed by atoms with Crippen molar-refractivity contribution >= 4 is 34.6 Å². The number of benzene rings is 1. The molecule has 0 aliphatic carbocycles. The van der Waals surface area contributed by atoms with Crippen LogP contribution in [0.3, 0.4) is 0 Å². The summed E-state index contributed by atoms with van der Waals surface area (Å²) in [4.78, 5) is 33.1. The molecule has 1 fully saturated rings. The molecule has 0 radical (unpaired) electrons. The van der Waals surface area contributed by atoms with Crippen LogP contribution in [0.1, 0.15) is 43.2 Å². The van der Waals surface area contributed by atoms with Crippen molar-refractivity contribution in [3.63, 3.8) is 0 Å². The minimum absolute atomic E-state index is 0.0105. The van der Waals surface area contributed by atoms with Crippen molar-refractivity contribution in [3.05, 3.63) is 59.4 Å². The van der Waals surface area contributed by atoms with Crippen LogP contribution in [0.2, 0.25) is 0 Å². The van der Waals surface area contributed by atoms with Gasteiger partial charge in [0, 0.05) is 22.9 Å². The zero-order valence-corrected chi connectivity index (χ0v) is 19.7. The minimum Gasteiger partial charge on any atom is -0.444 e. The van der Waals surface area contributed by atoms with Gasteiger partial charge < -0.3 is 14.8 Å². The summed E-state index contributed by atoms with van der Waals surface area (Å²) in [6, 6.07) is 6.46. The summed E-state index contributed by atoms with van der Waals surface area (Å²) in [6.07, 6.45) is 0.930. The molecule has 2 N–H and O–H groups in total. The SMILES string of the molecule is CC(C)(C)OC(=O)NC1=N[C@@]2(c3cc(NC(=O)c4ccc(F)cn4)ccc3F)OCC[C@H]2CS1. The number of amides is 2. The number of amidine groups is 1. The molecule has 0 spiro atoms. The molecule has 1 aromatic carbocycles. The third kappa shape index (κ3) is 5.20. The average Bonchev–Trinajstić information content (AvgIpc) is 3.18. The molecular weight excluding hydrogens is 466 g/mol. The summed E-state index contributed by atoms with van der Waals surface area (Å²) < 4.78 is 39.4. The third-order valence-electron chi connectivity index (χ3n) is 5.21. The highest BCUT2D eigenvalue weighted by molar-refractivity contribution is 8.13. The van der Waals surface area contributed by atoms with Crippen LogP contribution in [0.25, 0.3) is 0 Å². The number of rotatable bonds is 3. The molecule has 2 aromatic rings. The maximum Gasteiger partial charge on any atom is 0.413 e.